The van der Waals surface area contributed by atoms with Gasteiger partial charge in [0, 0.05) is 63.5 Å². The van der Waals surface area contributed by atoms with Crippen molar-refractivity contribution in [3.63, 3.8) is 0 Å². The summed E-state index contributed by atoms with van der Waals surface area (Å²) in [5.74, 6) is -1.68. The van der Waals surface area contributed by atoms with E-state index >= 15 is 0 Å². The minimum absolute atomic E-state index is 0.0499. The number of hydrogen-bond acceptors (Lipinski definition) is 12. The van der Waals surface area contributed by atoms with E-state index in [0.717, 1.165) is 45.6 Å². The summed E-state index contributed by atoms with van der Waals surface area (Å²) in [4.78, 5) is 60.1. The number of carbonyl (C=O) groups is 2. The molecule has 0 saturated carbocycles. The first-order valence-corrected chi connectivity index (χ1v) is 17.4. The Balaban J connectivity index is 1.37. The van der Waals surface area contributed by atoms with Gasteiger partial charge in [-0.25, -0.2) is 29.9 Å². The van der Waals surface area contributed by atoms with Crippen LogP contribution in [-0.2, 0) is 39.3 Å². The fourth-order valence-corrected chi connectivity index (χ4v) is 6.69. The highest BCUT2D eigenvalue weighted by Gasteiger charge is 2.20. The van der Waals surface area contributed by atoms with Gasteiger partial charge < -0.3 is 21.0 Å². The van der Waals surface area contributed by atoms with E-state index in [9.17, 15) is 14.7 Å². The van der Waals surface area contributed by atoms with Crippen LogP contribution in [0.5, 0.6) is 0 Å². The molecule has 53 heavy (non-hydrogen) atoms. The zero-order chi connectivity index (χ0) is 36.3. The predicted octanol–water partition coefficient (Wildman–Crippen LogP) is 3.14. The van der Waals surface area contributed by atoms with Crippen LogP contribution in [0.1, 0.15) is 54.9 Å². The van der Waals surface area contributed by atoms with E-state index in [2.05, 4.69) is 15.1 Å². The van der Waals surface area contributed by atoms with Gasteiger partial charge in [0.25, 0.3) is 5.91 Å². The molecule has 0 radical (unpaired) electrons. The number of nitrogens with two attached hydrogens (primary N) is 1. The fourth-order valence-electron chi connectivity index (χ4n) is 6.69. The number of carboxylic acids is 1. The van der Waals surface area contributed by atoms with E-state index in [0.29, 0.717) is 61.1 Å². The smallest absolute Gasteiger partial charge is 0.251 e. The van der Waals surface area contributed by atoms with E-state index < -0.39 is 5.97 Å². The Morgan fingerprint density at radius 3 is 1.28 bits per heavy atom. The van der Waals surface area contributed by atoms with Gasteiger partial charge in [-0.2, -0.15) is 0 Å². The third-order valence-electron chi connectivity index (χ3n) is 9.01. The minimum Gasteiger partial charge on any atom is -0.545 e. The molecule has 6 aromatic rings. The van der Waals surface area contributed by atoms with E-state index in [4.69, 9.17) is 35.6 Å². The van der Waals surface area contributed by atoms with E-state index in [1.165, 1.54) is 12.1 Å². The predicted molar refractivity (Wildman–Crippen MR) is 194 cm³/mol. The standard InChI is InChI=1S/C40H36N10O3/c41-13-14-42-39(51)25-15-31-23-49-19-27-5-1-9-33(43-27)35-11-3-7-29(45-35)21-50(24-32-16-26(40(52)53)18-38(48-32)37(17-25)47-31)22-30-8-4-12-36(46-30)34-10-2-6-28(20-49)44-34/h1-12,15-18H,13-14,19-24,41H2,(H,42,51)(H,52,53)/p-1. The lowest BCUT2D eigenvalue weighted by Gasteiger charge is -2.24. The maximum absolute atomic E-state index is 13.4. The number of amides is 1. The average Bonchev–Trinajstić information content (AvgIpc) is 3.16. The van der Waals surface area contributed by atoms with Crippen LogP contribution < -0.4 is 16.2 Å². The first kappa shape index (κ1) is 33.8. The van der Waals surface area contributed by atoms with Crippen LogP contribution in [0.15, 0.2) is 97.1 Å². The van der Waals surface area contributed by atoms with Crippen molar-refractivity contribution in [1.29, 1.82) is 0 Å². The van der Waals surface area contributed by atoms with Crippen LogP contribution in [-0.4, -0.2) is 64.7 Å². The Bertz CT molecular complexity index is 2250. The molecular weight excluding hydrogens is 669 g/mol. The molecule has 3 N–H and O–H groups in total. The second-order valence-electron chi connectivity index (χ2n) is 13.1. The van der Waals surface area contributed by atoms with Crippen molar-refractivity contribution in [2.24, 2.45) is 5.73 Å². The number of hydrogen-bond donors (Lipinski definition) is 2. The van der Waals surface area contributed by atoms with Crippen LogP contribution in [0, 0.1) is 0 Å². The molecule has 3 aliphatic rings. The molecule has 9 heterocycles. The van der Waals surface area contributed by atoms with Gasteiger partial charge in [0.15, 0.2) is 0 Å². The van der Waals surface area contributed by atoms with Crippen molar-refractivity contribution in [3.8, 4) is 34.2 Å². The van der Waals surface area contributed by atoms with Gasteiger partial charge in [-0.1, -0.05) is 24.3 Å². The van der Waals surface area contributed by atoms with Crippen molar-refractivity contribution >= 4 is 11.9 Å². The number of aromatic nitrogens is 6. The zero-order valence-corrected chi connectivity index (χ0v) is 28.8. The number of pyridine rings is 6. The topological polar surface area (TPSA) is 179 Å². The van der Waals surface area contributed by atoms with Gasteiger partial charge >= 0.3 is 0 Å². The third-order valence-corrected chi connectivity index (χ3v) is 9.01. The Kier molecular flexibility index (Phi) is 9.42. The van der Waals surface area contributed by atoms with Crippen LogP contribution in [0.4, 0.5) is 0 Å². The quantitative estimate of drug-likeness (QED) is 0.275. The molecule has 0 saturated heterocycles. The number of aromatic carboxylic acids is 1. The molecule has 3 aliphatic heterocycles. The van der Waals surface area contributed by atoms with Gasteiger partial charge in [-0.3, -0.25) is 14.6 Å². The molecule has 0 atom stereocenters. The lowest BCUT2D eigenvalue weighted by molar-refractivity contribution is -0.255. The van der Waals surface area contributed by atoms with Gasteiger partial charge in [-0.15, -0.1) is 0 Å². The SMILES string of the molecule is NCCNC(=O)c1cc2nc(c1)-c1cc(C(=O)[O-])cc(n1)CN1Cc3cccc(n3)-c3cccc(n3)CN(Cc3cccc(n3)-c3cccc(n3)C1)C2. The highest BCUT2D eigenvalue weighted by Crippen LogP contribution is 2.26. The van der Waals surface area contributed by atoms with Crippen LogP contribution in [0.25, 0.3) is 34.2 Å². The summed E-state index contributed by atoms with van der Waals surface area (Å²) in [6.45, 7) is 2.73. The Morgan fingerprint density at radius 1 is 0.528 bits per heavy atom. The molecule has 1 amide bonds. The van der Waals surface area contributed by atoms with Crippen molar-refractivity contribution in [1.82, 2.24) is 45.0 Å². The molecular formula is C40H35N10O3-. The zero-order valence-electron chi connectivity index (χ0n) is 28.8. The molecule has 14 bridgehead atoms. The van der Waals surface area contributed by atoms with Crippen LogP contribution in [0.3, 0.4) is 0 Å². The minimum atomic E-state index is -1.35. The number of nitrogens with one attached hydrogen (secondary N) is 1. The van der Waals surface area contributed by atoms with Gasteiger partial charge in [0.05, 0.1) is 74.3 Å². The van der Waals surface area contributed by atoms with Gasteiger partial charge in [0.2, 0.25) is 0 Å². The molecule has 0 aromatic carbocycles. The Labute approximate surface area is 305 Å². The fraction of sp³-hybridized carbons (Fsp3) is 0.200. The highest BCUT2D eigenvalue weighted by molar-refractivity contribution is 5.95. The molecule has 0 unspecified atom stereocenters. The number of rotatable bonds is 4. The normalized spacial score (nSPS) is 16.3. The summed E-state index contributed by atoms with van der Waals surface area (Å²) < 4.78 is 0. The number of nitrogens with zero attached hydrogens (tertiary/aromatic N) is 8. The molecule has 0 aliphatic carbocycles. The summed E-state index contributed by atoms with van der Waals surface area (Å²) in [6, 6.07) is 29.9. The monoisotopic (exact) mass is 703 g/mol. The summed E-state index contributed by atoms with van der Waals surface area (Å²) in [7, 11) is 0. The summed E-state index contributed by atoms with van der Waals surface area (Å²) in [6.07, 6.45) is 0. The second-order valence-corrected chi connectivity index (χ2v) is 13.1. The second kappa shape index (κ2) is 14.8. The summed E-state index contributed by atoms with van der Waals surface area (Å²) in [5.41, 5.74) is 13.8. The molecule has 9 rings (SSSR count). The summed E-state index contributed by atoms with van der Waals surface area (Å²) >= 11 is 0. The van der Waals surface area contributed by atoms with Crippen LogP contribution >= 0.6 is 0 Å². The largest absolute Gasteiger partial charge is 0.545 e. The molecule has 6 aromatic heterocycles. The maximum atomic E-state index is 13.4. The van der Waals surface area contributed by atoms with E-state index in [1.807, 2.05) is 72.8 Å². The third kappa shape index (κ3) is 7.82. The highest BCUT2D eigenvalue weighted by atomic mass is 16.4. The van der Waals surface area contributed by atoms with Crippen molar-refractivity contribution in [2.45, 2.75) is 39.3 Å². The first-order valence-electron chi connectivity index (χ1n) is 17.4. The molecule has 264 valence electrons. The lowest BCUT2D eigenvalue weighted by atomic mass is 10.1. The van der Waals surface area contributed by atoms with Gasteiger partial charge in [0.1, 0.15) is 0 Å². The van der Waals surface area contributed by atoms with Gasteiger partial charge in [-0.05, 0) is 72.8 Å². The molecule has 0 fully saturated rings. The molecule has 0 spiro atoms. The number of carbonyl (C=O) groups excluding carboxylic acids is 2. The lowest BCUT2D eigenvalue weighted by Crippen LogP contribution is -2.29. The maximum Gasteiger partial charge on any atom is 0.251 e. The Hall–Kier alpha value is -6.28. The van der Waals surface area contributed by atoms with E-state index in [-0.39, 0.29) is 31.1 Å². The van der Waals surface area contributed by atoms with Crippen molar-refractivity contribution < 1.29 is 14.7 Å². The van der Waals surface area contributed by atoms with Crippen molar-refractivity contribution in [3.05, 3.63) is 142 Å². The van der Waals surface area contributed by atoms with Crippen LogP contribution in [0.2, 0.25) is 0 Å². The number of carboxylic acid groups (broad SMARTS) is 1. The van der Waals surface area contributed by atoms with E-state index in [1.54, 1.807) is 12.1 Å². The van der Waals surface area contributed by atoms with Crippen molar-refractivity contribution in [2.75, 3.05) is 13.1 Å². The molecule has 13 heteroatoms. The first-order chi connectivity index (χ1) is 25.8. The average molecular weight is 704 g/mol. The summed E-state index contributed by atoms with van der Waals surface area (Å²) in [5, 5.41) is 15.3. The Morgan fingerprint density at radius 2 is 0.887 bits per heavy atom. The molecule has 13 nitrogen and oxygen atoms in total.